The predicted molar refractivity (Wildman–Crippen MR) is 76.5 cm³/mol. The number of nitro groups is 1. The molecule has 1 fully saturated rings. The van der Waals surface area contributed by atoms with E-state index >= 15 is 0 Å². The Balaban J connectivity index is 1.95. The van der Waals surface area contributed by atoms with Gasteiger partial charge in [-0.3, -0.25) is 14.9 Å². The number of nitrogens with two attached hydrogens (primary N) is 1. The van der Waals surface area contributed by atoms with E-state index < -0.39 is 4.92 Å². The quantitative estimate of drug-likeness (QED) is 0.569. The summed E-state index contributed by atoms with van der Waals surface area (Å²) in [5, 5.41) is 17.0. The summed E-state index contributed by atoms with van der Waals surface area (Å²) in [5.41, 5.74) is 6.70. The van der Waals surface area contributed by atoms with E-state index in [1.165, 1.54) is 12.1 Å². The molecule has 1 aromatic carbocycles. The molecule has 1 heterocycles. The highest BCUT2D eigenvalue weighted by Crippen LogP contribution is 2.38. The number of rotatable bonds is 3. The lowest BCUT2D eigenvalue weighted by Gasteiger charge is -2.22. The van der Waals surface area contributed by atoms with Crippen molar-refractivity contribution in [2.75, 3.05) is 17.2 Å². The molecule has 112 valence electrons. The minimum atomic E-state index is -0.469. The third-order valence-electron chi connectivity index (χ3n) is 3.84. The third kappa shape index (κ3) is 2.62. The summed E-state index contributed by atoms with van der Waals surface area (Å²) in [4.78, 5) is 22.1. The second kappa shape index (κ2) is 5.21. The molecule has 0 saturated heterocycles. The topological polar surface area (TPSA) is 120 Å². The third-order valence-corrected chi connectivity index (χ3v) is 3.84. The first-order valence-corrected chi connectivity index (χ1v) is 6.82. The zero-order valence-electron chi connectivity index (χ0n) is 11.3. The normalized spacial score (nSPS) is 24.0. The van der Waals surface area contributed by atoms with Gasteiger partial charge in [-0.15, -0.1) is 0 Å². The minimum absolute atomic E-state index is 0.00182. The molecule has 8 heteroatoms. The summed E-state index contributed by atoms with van der Waals surface area (Å²) >= 11 is 0. The van der Waals surface area contributed by atoms with Gasteiger partial charge in [-0.1, -0.05) is 0 Å². The average molecular weight is 292 g/mol. The van der Waals surface area contributed by atoms with E-state index in [1.54, 1.807) is 0 Å². The first-order valence-electron chi connectivity index (χ1n) is 6.82. The lowest BCUT2D eigenvalue weighted by molar-refractivity contribution is -0.384. The molecule has 21 heavy (non-hydrogen) atoms. The lowest BCUT2D eigenvalue weighted by Crippen LogP contribution is -2.35. The molecule has 0 radical (unpaired) electrons. The molecular weight excluding hydrogens is 276 g/mol. The van der Waals surface area contributed by atoms with Crippen LogP contribution in [0.25, 0.3) is 0 Å². The van der Waals surface area contributed by atoms with Gasteiger partial charge in [-0.25, -0.2) is 0 Å². The number of fused-ring (bicyclic) bond motifs is 1. The van der Waals surface area contributed by atoms with Crippen LogP contribution in [0.4, 0.5) is 17.1 Å². The molecule has 0 bridgehead atoms. The molecule has 3 rings (SSSR count). The fraction of sp³-hybridized carbons (Fsp3) is 0.462. The van der Waals surface area contributed by atoms with Crippen LogP contribution in [0.1, 0.15) is 19.3 Å². The number of ether oxygens (including phenoxy) is 1. The summed E-state index contributed by atoms with van der Waals surface area (Å²) in [5.74, 6) is 0.0300. The Morgan fingerprint density at radius 2 is 2.24 bits per heavy atom. The van der Waals surface area contributed by atoms with Crippen LogP contribution in [-0.2, 0) is 4.79 Å². The molecule has 2 unspecified atom stereocenters. The summed E-state index contributed by atoms with van der Waals surface area (Å²) < 4.78 is 5.20. The lowest BCUT2D eigenvalue weighted by atomic mass is 10.1. The van der Waals surface area contributed by atoms with Crippen molar-refractivity contribution in [3.63, 3.8) is 0 Å². The van der Waals surface area contributed by atoms with Gasteiger partial charge in [-0.2, -0.15) is 0 Å². The number of hydrogen-bond donors (Lipinski definition) is 3. The number of amides is 1. The maximum absolute atomic E-state index is 11.3. The predicted octanol–water partition coefficient (Wildman–Crippen LogP) is 1.22. The molecule has 0 aromatic heterocycles. The van der Waals surface area contributed by atoms with E-state index in [4.69, 9.17) is 10.5 Å². The smallest absolute Gasteiger partial charge is 0.296 e. The Kier molecular flexibility index (Phi) is 3.38. The summed E-state index contributed by atoms with van der Waals surface area (Å²) in [6, 6.07) is 2.85. The zero-order valence-corrected chi connectivity index (χ0v) is 11.3. The second-order valence-electron chi connectivity index (χ2n) is 5.31. The molecule has 8 nitrogen and oxygen atoms in total. The molecule has 1 amide bonds. The molecule has 0 spiro atoms. The van der Waals surface area contributed by atoms with Crippen LogP contribution in [0.2, 0.25) is 0 Å². The van der Waals surface area contributed by atoms with E-state index in [-0.39, 0.29) is 30.3 Å². The van der Waals surface area contributed by atoms with Crippen molar-refractivity contribution in [1.82, 2.24) is 0 Å². The first kappa shape index (κ1) is 13.6. The van der Waals surface area contributed by atoms with E-state index in [9.17, 15) is 14.9 Å². The second-order valence-corrected chi connectivity index (χ2v) is 5.31. The highest BCUT2D eigenvalue weighted by Gasteiger charge is 2.28. The van der Waals surface area contributed by atoms with Gasteiger partial charge in [-0.05, 0) is 25.3 Å². The largest absolute Gasteiger partial charge is 0.481 e. The van der Waals surface area contributed by atoms with Gasteiger partial charge >= 0.3 is 0 Å². The number of nitrogens with zero attached hydrogens (tertiary/aromatic N) is 1. The fourth-order valence-electron chi connectivity index (χ4n) is 2.75. The molecule has 2 atom stereocenters. The van der Waals surface area contributed by atoms with Gasteiger partial charge in [0.15, 0.2) is 12.4 Å². The summed E-state index contributed by atoms with van der Waals surface area (Å²) in [6.45, 7) is -0.134. The summed E-state index contributed by atoms with van der Waals surface area (Å²) in [6.07, 6.45) is 2.77. The zero-order chi connectivity index (χ0) is 15.0. The molecule has 2 aliphatic rings. The van der Waals surface area contributed by atoms with Crippen LogP contribution in [0.3, 0.4) is 0 Å². The van der Waals surface area contributed by atoms with Crippen LogP contribution in [0.5, 0.6) is 5.75 Å². The van der Waals surface area contributed by atoms with Gasteiger partial charge < -0.3 is 21.1 Å². The van der Waals surface area contributed by atoms with Gasteiger partial charge in [0, 0.05) is 12.1 Å². The highest BCUT2D eigenvalue weighted by molar-refractivity contribution is 5.96. The molecular formula is C13H16N4O4. The van der Waals surface area contributed by atoms with Crippen molar-refractivity contribution in [2.45, 2.75) is 31.3 Å². The average Bonchev–Trinajstić information content (AvgIpc) is 2.83. The Morgan fingerprint density at radius 3 is 2.90 bits per heavy atom. The Morgan fingerprint density at radius 1 is 1.43 bits per heavy atom. The number of anilines is 2. The monoisotopic (exact) mass is 292 g/mol. The number of carbonyl (C=O) groups is 1. The number of nitro benzene ring substituents is 1. The highest BCUT2D eigenvalue weighted by atomic mass is 16.6. The molecule has 1 aliphatic carbocycles. The van der Waals surface area contributed by atoms with Gasteiger partial charge in [0.25, 0.3) is 11.6 Å². The summed E-state index contributed by atoms with van der Waals surface area (Å²) in [7, 11) is 0. The van der Waals surface area contributed by atoms with Crippen molar-refractivity contribution in [1.29, 1.82) is 0 Å². The fourth-order valence-corrected chi connectivity index (χ4v) is 2.75. The number of nitrogens with one attached hydrogen (secondary N) is 2. The van der Waals surface area contributed by atoms with Crippen molar-refractivity contribution in [3.8, 4) is 5.75 Å². The maximum Gasteiger partial charge on any atom is 0.296 e. The number of carbonyl (C=O) groups excluding carboxylic acids is 1. The van der Waals surface area contributed by atoms with Crippen LogP contribution < -0.4 is 21.1 Å². The van der Waals surface area contributed by atoms with E-state index in [1.807, 2.05) is 0 Å². The Labute approximate surface area is 120 Å². The van der Waals surface area contributed by atoms with E-state index in [0.717, 1.165) is 19.3 Å². The van der Waals surface area contributed by atoms with Crippen molar-refractivity contribution in [3.05, 3.63) is 22.2 Å². The Bertz CT molecular complexity index is 604. The maximum atomic E-state index is 11.3. The van der Waals surface area contributed by atoms with E-state index in [2.05, 4.69) is 10.6 Å². The first-order chi connectivity index (χ1) is 10.0. The van der Waals surface area contributed by atoms with Crippen LogP contribution >= 0.6 is 0 Å². The van der Waals surface area contributed by atoms with Crippen molar-refractivity contribution in [2.24, 2.45) is 5.73 Å². The van der Waals surface area contributed by atoms with Gasteiger partial charge in [0.1, 0.15) is 5.69 Å². The van der Waals surface area contributed by atoms with E-state index in [0.29, 0.717) is 17.1 Å². The van der Waals surface area contributed by atoms with Crippen LogP contribution in [-0.4, -0.2) is 29.5 Å². The molecule has 1 aliphatic heterocycles. The van der Waals surface area contributed by atoms with Crippen molar-refractivity contribution >= 4 is 23.0 Å². The number of hydrogen-bond acceptors (Lipinski definition) is 6. The SMILES string of the molecule is NC1CCCC1Nc1cc2c(cc1[N+](=O)[O-])OCC(=O)N2. The van der Waals surface area contributed by atoms with Crippen molar-refractivity contribution < 1.29 is 14.5 Å². The molecule has 4 N–H and O–H groups in total. The molecule has 1 aromatic rings. The van der Waals surface area contributed by atoms with Crippen LogP contribution in [0.15, 0.2) is 12.1 Å². The standard InChI is InChI=1S/C13H16N4O4/c14-7-2-1-3-8(7)15-9-4-10-12(5-11(9)17(19)20)21-6-13(18)16-10/h4-5,7-8,15H,1-3,6,14H2,(H,16,18). The van der Waals surface area contributed by atoms with Crippen LogP contribution in [0, 0.1) is 10.1 Å². The molecule has 1 saturated carbocycles. The van der Waals surface area contributed by atoms with Gasteiger partial charge in [0.2, 0.25) is 0 Å². The van der Waals surface area contributed by atoms with Gasteiger partial charge in [0.05, 0.1) is 16.7 Å². The Hall–Kier alpha value is -2.35. The minimum Gasteiger partial charge on any atom is -0.481 e. The number of benzene rings is 1.